The summed E-state index contributed by atoms with van der Waals surface area (Å²) in [7, 11) is 0. The number of nitrogens with zero attached hydrogens (tertiary/aromatic N) is 2. The third kappa shape index (κ3) is 3.44. The number of nitrogens with one attached hydrogen (secondary N) is 1. The smallest absolute Gasteiger partial charge is 0.315 e. The first-order valence-electron chi connectivity index (χ1n) is 8.53. The number of rotatable bonds is 7. The second-order valence-corrected chi connectivity index (χ2v) is 6.26. The average Bonchev–Trinajstić information content (AvgIpc) is 3.05. The lowest BCUT2D eigenvalue weighted by molar-refractivity contribution is -0.144. The molecule has 26 heavy (non-hydrogen) atoms. The summed E-state index contributed by atoms with van der Waals surface area (Å²) in [5.74, 6) is -1.19. The Balaban J connectivity index is 1.72. The number of amides is 1. The average molecular weight is 351 g/mol. The van der Waals surface area contributed by atoms with Crippen LogP contribution < -0.4 is 5.32 Å². The Bertz CT molecular complexity index is 887. The van der Waals surface area contributed by atoms with E-state index in [9.17, 15) is 14.7 Å². The molecule has 2 aromatic heterocycles. The highest BCUT2D eigenvalue weighted by Gasteiger charge is 2.38. The van der Waals surface area contributed by atoms with Crippen molar-refractivity contribution in [3.05, 3.63) is 72.2 Å². The number of carbonyl (C=O) groups excluding carboxylic acids is 1. The summed E-state index contributed by atoms with van der Waals surface area (Å²) >= 11 is 0. The molecule has 0 aliphatic carbocycles. The van der Waals surface area contributed by atoms with Gasteiger partial charge in [-0.15, -0.1) is 0 Å². The number of hydrogen-bond donors (Lipinski definition) is 2. The number of carbonyl (C=O) groups is 2. The van der Waals surface area contributed by atoms with Crippen molar-refractivity contribution in [2.24, 2.45) is 0 Å². The second-order valence-electron chi connectivity index (χ2n) is 6.26. The molecule has 0 saturated heterocycles. The van der Waals surface area contributed by atoms with Crippen molar-refractivity contribution in [1.29, 1.82) is 0 Å². The maximum Gasteiger partial charge on any atom is 0.315 e. The number of pyridine rings is 1. The summed E-state index contributed by atoms with van der Waals surface area (Å²) in [6.07, 6.45) is 4.15. The number of benzene rings is 1. The molecule has 0 aliphatic rings. The van der Waals surface area contributed by atoms with Crippen LogP contribution in [0.3, 0.4) is 0 Å². The van der Waals surface area contributed by atoms with Gasteiger partial charge in [-0.2, -0.15) is 0 Å². The molecule has 0 radical (unpaired) electrons. The molecular formula is C20H21N3O3. The summed E-state index contributed by atoms with van der Waals surface area (Å²) in [6, 6.07) is 14.7. The SMILES string of the molecule is CCC(CNC(=O)Cc1cn2ccccc2n1)(C(=O)O)c1ccccc1. The van der Waals surface area contributed by atoms with Crippen LogP contribution in [0, 0.1) is 0 Å². The van der Waals surface area contributed by atoms with Gasteiger partial charge in [0.15, 0.2) is 0 Å². The van der Waals surface area contributed by atoms with E-state index in [0.29, 0.717) is 17.7 Å². The largest absolute Gasteiger partial charge is 0.481 e. The van der Waals surface area contributed by atoms with Crippen molar-refractivity contribution in [2.75, 3.05) is 6.54 Å². The van der Waals surface area contributed by atoms with E-state index in [1.165, 1.54) is 0 Å². The molecule has 0 aliphatic heterocycles. The normalized spacial score (nSPS) is 13.3. The Morgan fingerprint density at radius 1 is 1.15 bits per heavy atom. The fourth-order valence-electron chi connectivity index (χ4n) is 3.09. The van der Waals surface area contributed by atoms with E-state index < -0.39 is 11.4 Å². The Morgan fingerprint density at radius 2 is 1.88 bits per heavy atom. The molecular weight excluding hydrogens is 330 g/mol. The Kier molecular flexibility index (Phi) is 5.02. The lowest BCUT2D eigenvalue weighted by atomic mass is 9.78. The van der Waals surface area contributed by atoms with Crippen molar-refractivity contribution in [3.8, 4) is 0 Å². The first-order chi connectivity index (χ1) is 12.5. The van der Waals surface area contributed by atoms with Crippen molar-refractivity contribution in [3.63, 3.8) is 0 Å². The van der Waals surface area contributed by atoms with Gasteiger partial charge in [0.05, 0.1) is 12.1 Å². The van der Waals surface area contributed by atoms with E-state index in [2.05, 4.69) is 10.3 Å². The molecule has 6 heteroatoms. The van der Waals surface area contributed by atoms with Gasteiger partial charge in [-0.25, -0.2) is 4.98 Å². The van der Waals surface area contributed by atoms with Crippen LogP contribution in [0.25, 0.3) is 5.65 Å². The number of hydrogen-bond acceptors (Lipinski definition) is 3. The summed E-state index contributed by atoms with van der Waals surface area (Å²) in [4.78, 5) is 28.7. The molecule has 1 amide bonds. The number of fused-ring (bicyclic) bond motifs is 1. The molecule has 1 unspecified atom stereocenters. The van der Waals surface area contributed by atoms with Gasteiger partial charge < -0.3 is 14.8 Å². The molecule has 6 nitrogen and oxygen atoms in total. The van der Waals surface area contributed by atoms with Crippen LogP contribution >= 0.6 is 0 Å². The Morgan fingerprint density at radius 3 is 2.54 bits per heavy atom. The number of imidazole rings is 1. The zero-order valence-corrected chi connectivity index (χ0v) is 14.6. The lowest BCUT2D eigenvalue weighted by Crippen LogP contribution is -2.46. The van der Waals surface area contributed by atoms with Gasteiger partial charge in [0.1, 0.15) is 11.1 Å². The van der Waals surface area contributed by atoms with Gasteiger partial charge in [-0.1, -0.05) is 43.3 Å². The summed E-state index contributed by atoms with van der Waals surface area (Å²) < 4.78 is 1.85. The third-order valence-electron chi connectivity index (χ3n) is 4.68. The fourth-order valence-corrected chi connectivity index (χ4v) is 3.09. The van der Waals surface area contributed by atoms with Crippen LogP contribution in [0.15, 0.2) is 60.9 Å². The van der Waals surface area contributed by atoms with Gasteiger partial charge in [-0.3, -0.25) is 9.59 Å². The van der Waals surface area contributed by atoms with Crippen LogP contribution in [-0.2, 0) is 21.4 Å². The molecule has 134 valence electrons. The minimum atomic E-state index is -1.14. The van der Waals surface area contributed by atoms with Gasteiger partial charge in [0.25, 0.3) is 0 Å². The molecule has 3 rings (SSSR count). The molecule has 3 aromatic rings. The minimum Gasteiger partial charge on any atom is -0.481 e. The molecule has 0 saturated carbocycles. The number of carboxylic acid groups (broad SMARTS) is 1. The van der Waals surface area contributed by atoms with Gasteiger partial charge >= 0.3 is 5.97 Å². The molecule has 2 heterocycles. The number of aromatic nitrogens is 2. The second kappa shape index (κ2) is 7.39. The molecule has 2 N–H and O–H groups in total. The van der Waals surface area contributed by atoms with E-state index in [1.54, 1.807) is 30.5 Å². The van der Waals surface area contributed by atoms with Gasteiger partial charge in [0.2, 0.25) is 5.91 Å². The minimum absolute atomic E-state index is 0.0368. The molecule has 1 aromatic carbocycles. The summed E-state index contributed by atoms with van der Waals surface area (Å²) in [5, 5.41) is 12.6. The van der Waals surface area contributed by atoms with Crippen LogP contribution in [-0.4, -0.2) is 32.9 Å². The highest BCUT2D eigenvalue weighted by Crippen LogP contribution is 2.27. The quantitative estimate of drug-likeness (QED) is 0.685. The van der Waals surface area contributed by atoms with E-state index in [-0.39, 0.29) is 18.9 Å². The third-order valence-corrected chi connectivity index (χ3v) is 4.68. The van der Waals surface area contributed by atoms with Crippen LogP contribution in [0.5, 0.6) is 0 Å². The predicted molar refractivity (Wildman–Crippen MR) is 98.0 cm³/mol. The van der Waals surface area contributed by atoms with Crippen LogP contribution in [0.2, 0.25) is 0 Å². The van der Waals surface area contributed by atoms with E-state index >= 15 is 0 Å². The zero-order chi connectivity index (χ0) is 18.6. The standard InChI is InChI=1S/C20H21N3O3/c1-2-20(19(25)26,15-8-4-3-5-9-15)14-21-18(24)12-16-13-23-11-7-6-10-17(23)22-16/h3-11,13H,2,12,14H2,1H3,(H,21,24)(H,25,26). The monoisotopic (exact) mass is 351 g/mol. The molecule has 0 fully saturated rings. The maximum atomic E-state index is 12.4. The lowest BCUT2D eigenvalue weighted by Gasteiger charge is -2.29. The van der Waals surface area contributed by atoms with Crippen molar-refractivity contribution in [1.82, 2.24) is 14.7 Å². The summed E-state index contributed by atoms with van der Waals surface area (Å²) in [5.41, 5.74) is 0.956. The maximum absolute atomic E-state index is 12.4. The topological polar surface area (TPSA) is 83.7 Å². The number of carboxylic acids is 1. The fraction of sp³-hybridized carbons (Fsp3) is 0.250. The first kappa shape index (κ1) is 17.7. The van der Waals surface area contributed by atoms with Crippen molar-refractivity contribution < 1.29 is 14.7 Å². The Hall–Kier alpha value is -3.15. The molecule has 0 bridgehead atoms. The van der Waals surface area contributed by atoms with Gasteiger partial charge in [0, 0.05) is 18.9 Å². The zero-order valence-electron chi connectivity index (χ0n) is 14.6. The van der Waals surface area contributed by atoms with Crippen LogP contribution in [0.1, 0.15) is 24.6 Å². The number of aliphatic carboxylic acids is 1. The Labute approximate surface area is 151 Å². The van der Waals surface area contributed by atoms with Crippen molar-refractivity contribution in [2.45, 2.75) is 25.2 Å². The van der Waals surface area contributed by atoms with E-state index in [0.717, 1.165) is 5.65 Å². The van der Waals surface area contributed by atoms with Gasteiger partial charge in [-0.05, 0) is 24.1 Å². The molecule has 1 atom stereocenters. The van der Waals surface area contributed by atoms with Crippen molar-refractivity contribution >= 4 is 17.5 Å². The molecule has 0 spiro atoms. The van der Waals surface area contributed by atoms with E-state index in [4.69, 9.17) is 0 Å². The van der Waals surface area contributed by atoms with E-state index in [1.807, 2.05) is 41.8 Å². The van der Waals surface area contributed by atoms with Crippen LogP contribution in [0.4, 0.5) is 0 Å². The first-order valence-corrected chi connectivity index (χ1v) is 8.53. The summed E-state index contributed by atoms with van der Waals surface area (Å²) in [6.45, 7) is 1.85. The highest BCUT2D eigenvalue weighted by molar-refractivity contribution is 5.84. The highest BCUT2D eigenvalue weighted by atomic mass is 16.4. The predicted octanol–water partition coefficient (Wildman–Crippen LogP) is 2.43.